The molecule has 64 valence electrons. The van der Waals surface area contributed by atoms with E-state index in [1.54, 1.807) is 0 Å². The molecule has 0 saturated heterocycles. The van der Waals surface area contributed by atoms with E-state index in [1.165, 1.54) is 0 Å². The van der Waals surface area contributed by atoms with E-state index in [0.717, 1.165) is 12.1 Å². The summed E-state index contributed by atoms with van der Waals surface area (Å²) in [6.07, 6.45) is 0. The summed E-state index contributed by atoms with van der Waals surface area (Å²) in [5.41, 5.74) is -0.288. The summed E-state index contributed by atoms with van der Waals surface area (Å²) < 4.78 is 12.8. The van der Waals surface area contributed by atoms with Crippen molar-refractivity contribution in [3.8, 4) is 0 Å². The molecule has 0 fully saturated rings. The number of halogens is 3. The van der Waals surface area contributed by atoms with Crippen LogP contribution in [0.1, 0.15) is 0 Å². The van der Waals surface area contributed by atoms with Crippen molar-refractivity contribution in [1.82, 2.24) is 0 Å². The van der Waals surface area contributed by atoms with Crippen molar-refractivity contribution in [3.05, 3.63) is 28.0 Å². The lowest BCUT2D eigenvalue weighted by Crippen LogP contribution is -2.32. The highest BCUT2D eigenvalue weighted by Gasteiger charge is 2.18. The summed E-state index contributed by atoms with van der Waals surface area (Å²) in [7, 11) is -1.88. The molecule has 1 aromatic carbocycles. The molecule has 2 N–H and O–H groups in total. The molecular weight excluding hydrogens is 205 g/mol. The Morgan fingerprint density at radius 2 is 1.67 bits per heavy atom. The summed E-state index contributed by atoms with van der Waals surface area (Å²) in [6, 6.07) is 2.00. The zero-order valence-electron chi connectivity index (χ0n) is 5.76. The summed E-state index contributed by atoms with van der Waals surface area (Å²) in [5.74, 6) is -0.792. The normalized spacial score (nSPS) is 10.1. The second-order valence-corrected chi connectivity index (χ2v) is 2.98. The molecule has 0 unspecified atom stereocenters. The quantitative estimate of drug-likeness (QED) is 0.530. The molecular formula is C6H4BCl2FO2. The Morgan fingerprint density at radius 1 is 1.17 bits per heavy atom. The second-order valence-electron chi connectivity index (χ2n) is 2.16. The molecule has 0 atom stereocenters. The molecule has 0 aliphatic heterocycles. The first-order valence-electron chi connectivity index (χ1n) is 3.03. The third-order valence-electron chi connectivity index (χ3n) is 1.32. The second kappa shape index (κ2) is 3.62. The van der Waals surface area contributed by atoms with Gasteiger partial charge in [-0.3, -0.25) is 0 Å². The van der Waals surface area contributed by atoms with Gasteiger partial charge in [-0.2, -0.15) is 0 Å². The lowest BCUT2D eigenvalue weighted by Gasteiger charge is -2.02. The van der Waals surface area contributed by atoms with Crippen molar-refractivity contribution in [2.45, 2.75) is 0 Å². The molecule has 0 amide bonds. The zero-order valence-corrected chi connectivity index (χ0v) is 7.27. The molecule has 1 aromatic rings. The zero-order chi connectivity index (χ0) is 9.30. The van der Waals surface area contributed by atoms with Gasteiger partial charge in [0.15, 0.2) is 0 Å². The highest BCUT2D eigenvalue weighted by Crippen LogP contribution is 2.20. The van der Waals surface area contributed by atoms with E-state index >= 15 is 0 Å². The van der Waals surface area contributed by atoms with Crippen LogP contribution in [0.15, 0.2) is 12.1 Å². The minimum Gasteiger partial charge on any atom is -0.423 e. The molecule has 6 heteroatoms. The van der Waals surface area contributed by atoms with Gasteiger partial charge in [0.1, 0.15) is 5.82 Å². The smallest absolute Gasteiger partial charge is 0.423 e. The maximum Gasteiger partial charge on any atom is 0.491 e. The van der Waals surface area contributed by atoms with Gasteiger partial charge in [-0.25, -0.2) is 4.39 Å². The maximum absolute atomic E-state index is 12.8. The highest BCUT2D eigenvalue weighted by molar-refractivity contribution is 6.59. The van der Waals surface area contributed by atoms with E-state index < -0.39 is 12.9 Å². The Balaban J connectivity index is 3.23. The Morgan fingerprint density at radius 3 is 2.17 bits per heavy atom. The van der Waals surface area contributed by atoms with Gasteiger partial charge in [0, 0.05) is 5.46 Å². The van der Waals surface area contributed by atoms with E-state index in [-0.39, 0.29) is 15.5 Å². The van der Waals surface area contributed by atoms with Crippen molar-refractivity contribution >= 4 is 35.8 Å². The predicted octanol–water partition coefficient (Wildman–Crippen LogP) is 0.812. The van der Waals surface area contributed by atoms with Crippen LogP contribution in [0.4, 0.5) is 4.39 Å². The van der Waals surface area contributed by atoms with Crippen molar-refractivity contribution in [2.75, 3.05) is 0 Å². The topological polar surface area (TPSA) is 40.5 Å². The van der Waals surface area contributed by atoms with E-state index in [2.05, 4.69) is 0 Å². The van der Waals surface area contributed by atoms with E-state index in [4.69, 9.17) is 33.2 Å². The molecule has 2 nitrogen and oxygen atoms in total. The van der Waals surface area contributed by atoms with Crippen molar-refractivity contribution in [1.29, 1.82) is 0 Å². The average Bonchev–Trinajstić information content (AvgIpc) is 1.96. The van der Waals surface area contributed by atoms with Crippen LogP contribution in [0.3, 0.4) is 0 Å². The highest BCUT2D eigenvalue weighted by atomic mass is 35.5. The van der Waals surface area contributed by atoms with Crippen LogP contribution in [0.2, 0.25) is 10.0 Å². The molecule has 0 radical (unpaired) electrons. The molecule has 0 bridgehead atoms. The first-order chi connectivity index (χ1) is 5.52. The van der Waals surface area contributed by atoms with E-state index in [1.807, 2.05) is 0 Å². The molecule has 0 heterocycles. The van der Waals surface area contributed by atoms with E-state index in [0.29, 0.717) is 0 Å². The van der Waals surface area contributed by atoms with Crippen molar-refractivity contribution in [3.63, 3.8) is 0 Å². The summed E-state index contributed by atoms with van der Waals surface area (Å²) in [5, 5.41) is 17.4. The Bertz CT molecular complexity index is 306. The fraction of sp³-hybridized carbons (Fsp3) is 0. The number of hydrogen-bond acceptors (Lipinski definition) is 2. The molecule has 0 aliphatic carbocycles. The van der Waals surface area contributed by atoms with Crippen LogP contribution < -0.4 is 5.46 Å². The first-order valence-corrected chi connectivity index (χ1v) is 3.78. The number of rotatable bonds is 1. The fourth-order valence-electron chi connectivity index (χ4n) is 0.736. The summed E-state index contributed by atoms with van der Waals surface area (Å²) >= 11 is 11.0. The monoisotopic (exact) mass is 208 g/mol. The minimum atomic E-state index is -1.88. The van der Waals surface area contributed by atoms with Gasteiger partial charge < -0.3 is 10.0 Å². The van der Waals surface area contributed by atoms with Crippen molar-refractivity contribution < 1.29 is 14.4 Å². The van der Waals surface area contributed by atoms with Crippen LogP contribution in [-0.4, -0.2) is 17.2 Å². The average molecular weight is 209 g/mol. The van der Waals surface area contributed by atoms with Gasteiger partial charge in [-0.15, -0.1) is 0 Å². The lowest BCUT2D eigenvalue weighted by atomic mass is 9.80. The molecule has 0 saturated carbocycles. The lowest BCUT2D eigenvalue weighted by molar-refractivity contribution is 0.423. The Labute approximate surface area is 78.7 Å². The van der Waals surface area contributed by atoms with Crippen LogP contribution in [0.5, 0.6) is 0 Å². The summed E-state index contributed by atoms with van der Waals surface area (Å²) in [4.78, 5) is 0. The SMILES string of the molecule is OB(O)c1cc(Cl)c(Cl)cc1F. The van der Waals surface area contributed by atoms with Gasteiger partial charge in [0.25, 0.3) is 0 Å². The Kier molecular flexibility index (Phi) is 2.96. The standard InChI is InChI=1S/C6H4BCl2FO2/c8-4-1-3(7(11)12)6(10)2-5(4)9/h1-2,11-12H. The van der Waals surface area contributed by atoms with Gasteiger partial charge >= 0.3 is 7.12 Å². The fourth-order valence-corrected chi connectivity index (χ4v) is 1.06. The predicted molar refractivity (Wildman–Crippen MR) is 46.2 cm³/mol. The third kappa shape index (κ3) is 1.90. The molecule has 0 spiro atoms. The van der Waals surface area contributed by atoms with E-state index in [9.17, 15) is 4.39 Å². The molecule has 0 aliphatic rings. The van der Waals surface area contributed by atoms with Crippen LogP contribution in [0, 0.1) is 5.82 Å². The minimum absolute atomic E-state index is 0.0403. The number of hydrogen-bond donors (Lipinski definition) is 2. The molecule has 12 heavy (non-hydrogen) atoms. The largest absolute Gasteiger partial charge is 0.491 e. The van der Waals surface area contributed by atoms with Crippen LogP contribution in [-0.2, 0) is 0 Å². The first kappa shape index (κ1) is 9.80. The van der Waals surface area contributed by atoms with Gasteiger partial charge in [0.2, 0.25) is 0 Å². The summed E-state index contributed by atoms with van der Waals surface area (Å²) in [6.45, 7) is 0. The maximum atomic E-state index is 12.8. The van der Waals surface area contributed by atoms with Crippen LogP contribution in [0.25, 0.3) is 0 Å². The Hall–Kier alpha value is -0.285. The molecule has 1 rings (SSSR count). The van der Waals surface area contributed by atoms with Crippen LogP contribution >= 0.6 is 23.2 Å². The molecule has 0 aromatic heterocycles. The van der Waals surface area contributed by atoms with Crippen molar-refractivity contribution in [2.24, 2.45) is 0 Å². The third-order valence-corrected chi connectivity index (χ3v) is 2.04. The van der Waals surface area contributed by atoms with Gasteiger partial charge in [-0.05, 0) is 12.1 Å². The van der Waals surface area contributed by atoms with Gasteiger partial charge in [-0.1, -0.05) is 23.2 Å². The van der Waals surface area contributed by atoms with Gasteiger partial charge in [0.05, 0.1) is 10.0 Å². The number of benzene rings is 1.